The molecule has 148 valence electrons. The van der Waals surface area contributed by atoms with E-state index in [9.17, 15) is 23.3 Å². The fourth-order valence-corrected chi connectivity index (χ4v) is 3.40. The number of hydrogen-bond acceptors (Lipinski definition) is 5. The van der Waals surface area contributed by atoms with Crippen LogP contribution in [-0.4, -0.2) is 25.8 Å². The number of sulfonamides is 1. The zero-order valence-corrected chi connectivity index (χ0v) is 16.1. The van der Waals surface area contributed by atoms with Gasteiger partial charge < -0.3 is 5.32 Å². The Morgan fingerprint density at radius 2 is 1.82 bits per heavy atom. The number of nitro groups is 1. The van der Waals surface area contributed by atoms with Gasteiger partial charge in [-0.2, -0.15) is 0 Å². The lowest BCUT2D eigenvalue weighted by Crippen LogP contribution is -2.24. The van der Waals surface area contributed by atoms with Crippen molar-refractivity contribution in [3.05, 3.63) is 70.3 Å². The molecule has 0 aromatic heterocycles. The first-order chi connectivity index (χ1) is 13.3. The van der Waals surface area contributed by atoms with E-state index in [0.29, 0.717) is 17.8 Å². The molecule has 9 heteroatoms. The van der Waals surface area contributed by atoms with Crippen molar-refractivity contribution in [2.24, 2.45) is 0 Å². The number of unbranched alkanes of at least 4 members (excludes halogenated alkanes) is 1. The third kappa shape index (κ3) is 6.00. The molecule has 0 radical (unpaired) electrons. The molecule has 28 heavy (non-hydrogen) atoms. The average Bonchev–Trinajstić information content (AvgIpc) is 2.67. The van der Waals surface area contributed by atoms with Gasteiger partial charge in [0.05, 0.1) is 15.4 Å². The van der Waals surface area contributed by atoms with Crippen LogP contribution in [0, 0.1) is 10.1 Å². The Kier molecular flexibility index (Phi) is 7.42. The molecule has 0 spiro atoms. The average molecular weight is 403 g/mol. The van der Waals surface area contributed by atoms with Gasteiger partial charge in [-0.1, -0.05) is 25.5 Å². The second kappa shape index (κ2) is 9.77. The Bertz CT molecular complexity index is 969. The fourth-order valence-electron chi connectivity index (χ4n) is 2.33. The maximum atomic E-state index is 12.1. The largest absolute Gasteiger partial charge is 0.323 e. The van der Waals surface area contributed by atoms with Gasteiger partial charge in [-0.25, -0.2) is 13.1 Å². The van der Waals surface area contributed by atoms with Gasteiger partial charge in [0.2, 0.25) is 15.9 Å². The van der Waals surface area contributed by atoms with E-state index in [-0.39, 0.29) is 10.6 Å². The molecule has 0 aliphatic rings. The van der Waals surface area contributed by atoms with Gasteiger partial charge >= 0.3 is 0 Å². The number of anilines is 1. The van der Waals surface area contributed by atoms with Gasteiger partial charge in [-0.05, 0) is 42.8 Å². The lowest BCUT2D eigenvalue weighted by molar-refractivity contribution is -0.385. The van der Waals surface area contributed by atoms with E-state index >= 15 is 0 Å². The number of amides is 1. The first-order valence-electron chi connectivity index (χ1n) is 8.65. The standard InChI is InChI=1S/C19H21N3O5S/c1-2-3-14-20-28(26,27)17-11-9-16(10-12-17)21-19(23)13-8-15-6-4-5-7-18(15)22(24)25/h4-13,20H,2-3,14H2,1H3,(H,21,23)/b13-8+. The fraction of sp³-hybridized carbons (Fsp3) is 0.211. The number of benzene rings is 2. The Labute approximate surface area is 163 Å². The maximum absolute atomic E-state index is 12.1. The molecular weight excluding hydrogens is 382 g/mol. The molecule has 0 saturated carbocycles. The van der Waals surface area contributed by atoms with Gasteiger partial charge in [0.15, 0.2) is 0 Å². The Hall–Kier alpha value is -3.04. The summed E-state index contributed by atoms with van der Waals surface area (Å²) in [6, 6.07) is 11.8. The summed E-state index contributed by atoms with van der Waals surface area (Å²) in [4.78, 5) is 22.6. The minimum atomic E-state index is -3.58. The van der Waals surface area contributed by atoms with Gasteiger partial charge in [0, 0.05) is 24.4 Å². The molecule has 0 bridgehead atoms. The Morgan fingerprint density at radius 3 is 2.46 bits per heavy atom. The predicted octanol–water partition coefficient (Wildman–Crippen LogP) is 3.33. The monoisotopic (exact) mass is 403 g/mol. The number of rotatable bonds is 9. The highest BCUT2D eigenvalue weighted by atomic mass is 32.2. The SMILES string of the molecule is CCCCNS(=O)(=O)c1ccc(NC(=O)/C=C/c2ccccc2[N+](=O)[O-])cc1. The van der Waals surface area contributed by atoms with Crippen LogP contribution in [0.1, 0.15) is 25.3 Å². The summed E-state index contributed by atoms with van der Waals surface area (Å²) in [5, 5.41) is 13.6. The van der Waals surface area contributed by atoms with Crippen LogP contribution in [0.2, 0.25) is 0 Å². The van der Waals surface area contributed by atoms with Crippen LogP contribution in [0.15, 0.2) is 59.5 Å². The molecule has 0 aliphatic heterocycles. The zero-order valence-electron chi connectivity index (χ0n) is 15.3. The summed E-state index contributed by atoms with van der Waals surface area (Å²) >= 11 is 0. The quantitative estimate of drug-likeness (QED) is 0.288. The van der Waals surface area contributed by atoms with Crippen LogP contribution in [0.3, 0.4) is 0 Å². The summed E-state index contributed by atoms with van der Waals surface area (Å²) in [6.07, 6.45) is 4.16. The molecule has 2 aromatic rings. The van der Waals surface area contributed by atoms with Gasteiger partial charge in [0.1, 0.15) is 0 Å². The van der Waals surface area contributed by atoms with Gasteiger partial charge in [-0.3, -0.25) is 14.9 Å². The summed E-state index contributed by atoms with van der Waals surface area (Å²) in [5.41, 5.74) is 0.614. The normalized spacial score (nSPS) is 11.5. The van der Waals surface area contributed by atoms with Crippen LogP contribution in [0.25, 0.3) is 6.08 Å². The van der Waals surface area contributed by atoms with Gasteiger partial charge in [-0.15, -0.1) is 0 Å². The van der Waals surface area contributed by atoms with E-state index in [1.54, 1.807) is 12.1 Å². The minimum absolute atomic E-state index is 0.100. The number of nitro benzene ring substituents is 1. The molecule has 0 heterocycles. The van der Waals surface area contributed by atoms with Crippen LogP contribution < -0.4 is 10.0 Å². The summed E-state index contributed by atoms with van der Waals surface area (Å²) in [5.74, 6) is -0.491. The molecule has 1 amide bonds. The predicted molar refractivity (Wildman–Crippen MR) is 107 cm³/mol. The van der Waals surface area contributed by atoms with E-state index in [4.69, 9.17) is 0 Å². The highest BCUT2D eigenvalue weighted by Gasteiger charge is 2.13. The van der Waals surface area contributed by atoms with Crippen molar-refractivity contribution in [3.63, 3.8) is 0 Å². The second-order valence-corrected chi connectivity index (χ2v) is 7.68. The van der Waals surface area contributed by atoms with Gasteiger partial charge in [0.25, 0.3) is 5.69 Å². The van der Waals surface area contributed by atoms with E-state index in [1.807, 2.05) is 6.92 Å². The summed E-state index contributed by atoms with van der Waals surface area (Å²) < 4.78 is 26.8. The molecule has 0 fully saturated rings. The third-order valence-corrected chi connectivity index (χ3v) is 5.28. The highest BCUT2D eigenvalue weighted by Crippen LogP contribution is 2.19. The van der Waals surface area contributed by atoms with Crippen molar-refractivity contribution in [1.29, 1.82) is 0 Å². The Balaban J connectivity index is 2.02. The number of nitrogens with zero attached hydrogens (tertiary/aromatic N) is 1. The van der Waals surface area contributed by atoms with Crippen LogP contribution in [0.4, 0.5) is 11.4 Å². The summed E-state index contributed by atoms with van der Waals surface area (Å²) in [6.45, 7) is 2.34. The lowest BCUT2D eigenvalue weighted by atomic mass is 10.1. The number of carbonyl (C=O) groups excluding carboxylic acids is 1. The topological polar surface area (TPSA) is 118 Å². The maximum Gasteiger partial charge on any atom is 0.276 e. The Morgan fingerprint density at radius 1 is 1.14 bits per heavy atom. The molecule has 2 aromatic carbocycles. The van der Waals surface area contributed by atoms with E-state index in [2.05, 4.69) is 10.0 Å². The molecule has 8 nitrogen and oxygen atoms in total. The first-order valence-corrected chi connectivity index (χ1v) is 10.1. The molecule has 2 rings (SSSR count). The van der Waals surface area contributed by atoms with Crippen molar-refractivity contribution in [1.82, 2.24) is 4.72 Å². The molecule has 0 aliphatic carbocycles. The molecule has 0 saturated heterocycles. The van der Waals surface area contributed by atoms with Crippen LogP contribution in [-0.2, 0) is 14.8 Å². The summed E-state index contributed by atoms with van der Waals surface area (Å²) in [7, 11) is -3.58. The number of nitrogens with one attached hydrogen (secondary N) is 2. The van der Waals surface area contributed by atoms with E-state index in [0.717, 1.165) is 12.8 Å². The van der Waals surface area contributed by atoms with Crippen molar-refractivity contribution >= 4 is 33.4 Å². The minimum Gasteiger partial charge on any atom is -0.323 e. The van der Waals surface area contributed by atoms with E-state index in [1.165, 1.54) is 48.6 Å². The molecular formula is C19H21N3O5S. The van der Waals surface area contributed by atoms with Crippen molar-refractivity contribution in [3.8, 4) is 0 Å². The number of para-hydroxylation sites is 1. The second-order valence-electron chi connectivity index (χ2n) is 5.91. The molecule has 2 N–H and O–H groups in total. The van der Waals surface area contributed by atoms with Crippen LogP contribution >= 0.6 is 0 Å². The lowest BCUT2D eigenvalue weighted by Gasteiger charge is -2.07. The number of hydrogen-bond donors (Lipinski definition) is 2. The van der Waals surface area contributed by atoms with Crippen molar-refractivity contribution in [2.75, 3.05) is 11.9 Å². The molecule has 0 unspecified atom stereocenters. The van der Waals surface area contributed by atoms with E-state index < -0.39 is 20.9 Å². The number of carbonyl (C=O) groups is 1. The van der Waals surface area contributed by atoms with Crippen LogP contribution in [0.5, 0.6) is 0 Å². The highest BCUT2D eigenvalue weighted by molar-refractivity contribution is 7.89. The third-order valence-electron chi connectivity index (χ3n) is 3.80. The molecule has 0 atom stereocenters. The van der Waals surface area contributed by atoms with Crippen molar-refractivity contribution in [2.45, 2.75) is 24.7 Å². The van der Waals surface area contributed by atoms with Crippen molar-refractivity contribution < 1.29 is 18.1 Å². The smallest absolute Gasteiger partial charge is 0.276 e. The zero-order chi connectivity index (χ0) is 20.6. The first kappa shape index (κ1) is 21.3.